The van der Waals surface area contributed by atoms with E-state index in [0.717, 1.165) is 12.8 Å². The van der Waals surface area contributed by atoms with Gasteiger partial charge in [-0.2, -0.15) is 0 Å². The highest BCUT2D eigenvalue weighted by Gasteiger charge is 2.15. The minimum absolute atomic E-state index is 0.0690. The first-order chi connectivity index (χ1) is 9.54. The van der Waals surface area contributed by atoms with E-state index in [1.807, 2.05) is 0 Å². The molecule has 104 valence electrons. The van der Waals surface area contributed by atoms with Crippen molar-refractivity contribution in [3.8, 4) is 0 Å². The van der Waals surface area contributed by atoms with Crippen LogP contribution in [0.4, 0.5) is 0 Å². The van der Waals surface area contributed by atoms with Gasteiger partial charge in [-0.25, -0.2) is 0 Å². The maximum absolute atomic E-state index is 11.9. The van der Waals surface area contributed by atoms with E-state index in [2.05, 4.69) is 62.4 Å². The normalized spacial score (nSPS) is 12.2. The van der Waals surface area contributed by atoms with Gasteiger partial charge in [-0.15, -0.1) is 0 Å². The Balaban J connectivity index is 2.11. The van der Waals surface area contributed by atoms with Crippen molar-refractivity contribution in [2.45, 2.75) is 33.6 Å². The Kier molecular flexibility index (Phi) is 4.73. The van der Waals surface area contributed by atoms with Crippen LogP contribution in [0.3, 0.4) is 0 Å². The molecule has 0 aromatic heterocycles. The average Bonchev–Trinajstić information content (AvgIpc) is 2.40. The molecule has 0 aliphatic rings. The first-order valence-corrected chi connectivity index (χ1v) is 7.16. The van der Waals surface area contributed by atoms with Crippen molar-refractivity contribution in [1.82, 2.24) is 0 Å². The molecule has 0 spiro atoms. The second-order valence-electron chi connectivity index (χ2n) is 5.69. The molecule has 0 aliphatic heterocycles. The van der Waals surface area contributed by atoms with Gasteiger partial charge in [-0.3, -0.25) is 4.79 Å². The Morgan fingerprint density at radius 3 is 2.15 bits per heavy atom. The van der Waals surface area contributed by atoms with Gasteiger partial charge < -0.3 is 0 Å². The zero-order valence-corrected chi connectivity index (χ0v) is 12.5. The van der Waals surface area contributed by atoms with Gasteiger partial charge in [0.1, 0.15) is 5.78 Å². The van der Waals surface area contributed by atoms with Crippen LogP contribution in [0.15, 0.2) is 48.5 Å². The summed E-state index contributed by atoms with van der Waals surface area (Å²) in [6.45, 7) is 5.87. The molecule has 1 heteroatoms. The first-order valence-electron chi connectivity index (χ1n) is 7.16. The van der Waals surface area contributed by atoms with Crippen LogP contribution >= 0.6 is 0 Å². The van der Waals surface area contributed by atoms with E-state index in [9.17, 15) is 4.79 Å². The maximum Gasteiger partial charge on any atom is 0.133 e. The number of hydrogen-bond acceptors (Lipinski definition) is 1. The van der Waals surface area contributed by atoms with Crippen molar-refractivity contribution in [3.63, 3.8) is 0 Å². The number of benzene rings is 2. The molecule has 0 aliphatic carbocycles. The van der Waals surface area contributed by atoms with Gasteiger partial charge in [-0.1, -0.05) is 59.7 Å². The fraction of sp³-hybridized carbons (Fsp3) is 0.316. The fourth-order valence-corrected chi connectivity index (χ4v) is 2.49. The van der Waals surface area contributed by atoms with E-state index in [-0.39, 0.29) is 11.7 Å². The van der Waals surface area contributed by atoms with Gasteiger partial charge in [0.15, 0.2) is 0 Å². The molecule has 1 atom stereocenters. The second-order valence-corrected chi connectivity index (χ2v) is 5.69. The molecule has 0 bridgehead atoms. The lowest BCUT2D eigenvalue weighted by Crippen LogP contribution is -2.17. The number of carbonyl (C=O) groups is 1. The van der Waals surface area contributed by atoms with Gasteiger partial charge in [0, 0.05) is 5.92 Å². The predicted octanol–water partition coefficient (Wildman–Crippen LogP) is 4.29. The topological polar surface area (TPSA) is 17.1 Å². The van der Waals surface area contributed by atoms with Crippen molar-refractivity contribution < 1.29 is 4.79 Å². The summed E-state index contributed by atoms with van der Waals surface area (Å²) >= 11 is 0. The number of ketones is 1. The number of aryl methyl sites for hydroxylation is 2. The summed E-state index contributed by atoms with van der Waals surface area (Å²) in [6, 6.07) is 16.9. The van der Waals surface area contributed by atoms with E-state index in [1.54, 1.807) is 6.92 Å². The molecule has 0 saturated carbocycles. The monoisotopic (exact) mass is 266 g/mol. The molecule has 20 heavy (non-hydrogen) atoms. The van der Waals surface area contributed by atoms with Crippen molar-refractivity contribution in [2.75, 3.05) is 0 Å². The summed E-state index contributed by atoms with van der Waals surface area (Å²) in [7, 11) is 0. The molecule has 0 radical (unpaired) electrons. The summed E-state index contributed by atoms with van der Waals surface area (Å²) in [6.07, 6.45) is 1.65. The minimum Gasteiger partial charge on any atom is -0.300 e. The van der Waals surface area contributed by atoms with Gasteiger partial charge >= 0.3 is 0 Å². The third-order valence-electron chi connectivity index (χ3n) is 3.74. The van der Waals surface area contributed by atoms with Crippen molar-refractivity contribution in [1.29, 1.82) is 0 Å². The molecule has 0 heterocycles. The molecule has 2 aromatic rings. The van der Waals surface area contributed by atoms with Crippen LogP contribution in [-0.4, -0.2) is 5.78 Å². The number of hydrogen-bond donors (Lipinski definition) is 0. The lowest BCUT2D eigenvalue weighted by molar-refractivity contribution is -0.120. The van der Waals surface area contributed by atoms with Crippen LogP contribution in [0.5, 0.6) is 0 Å². The number of Topliss-reactive ketones (excluding diaryl/α,β-unsaturated/α-hetero) is 1. The van der Waals surface area contributed by atoms with E-state index in [4.69, 9.17) is 0 Å². The molecule has 2 rings (SSSR count). The van der Waals surface area contributed by atoms with E-state index < -0.39 is 0 Å². The Hall–Kier alpha value is -1.89. The first kappa shape index (κ1) is 14.5. The van der Waals surface area contributed by atoms with E-state index >= 15 is 0 Å². The quantitative estimate of drug-likeness (QED) is 0.789. The highest BCUT2D eigenvalue weighted by atomic mass is 16.1. The van der Waals surface area contributed by atoms with Crippen LogP contribution in [0.1, 0.15) is 29.2 Å². The standard InChI is InChI=1S/C19H22O/c1-14-7-9-17(10-8-14)12-19(16(3)20)13-18-6-4-5-15(2)11-18/h4-11,19H,12-13H2,1-3H3. The van der Waals surface area contributed by atoms with Gasteiger partial charge in [0.2, 0.25) is 0 Å². The number of carbonyl (C=O) groups excluding carboxylic acids is 1. The van der Waals surface area contributed by atoms with Crippen molar-refractivity contribution >= 4 is 5.78 Å². The maximum atomic E-state index is 11.9. The molecule has 0 N–H and O–H groups in total. The van der Waals surface area contributed by atoms with Gasteiger partial charge in [-0.05, 0) is 44.7 Å². The molecule has 1 nitrogen and oxygen atoms in total. The summed E-state index contributed by atoms with van der Waals surface area (Å²) < 4.78 is 0. The molecular weight excluding hydrogens is 244 g/mol. The Labute approximate surface area is 121 Å². The van der Waals surface area contributed by atoms with Gasteiger partial charge in [0.25, 0.3) is 0 Å². The minimum atomic E-state index is 0.0690. The molecule has 0 saturated heterocycles. The number of rotatable bonds is 5. The van der Waals surface area contributed by atoms with Crippen LogP contribution in [-0.2, 0) is 17.6 Å². The summed E-state index contributed by atoms with van der Waals surface area (Å²) in [4.78, 5) is 11.9. The van der Waals surface area contributed by atoms with Crippen LogP contribution < -0.4 is 0 Å². The molecular formula is C19H22O. The van der Waals surface area contributed by atoms with E-state index in [0.29, 0.717) is 0 Å². The zero-order valence-electron chi connectivity index (χ0n) is 12.5. The third kappa shape index (κ3) is 4.06. The van der Waals surface area contributed by atoms with Crippen molar-refractivity contribution in [3.05, 3.63) is 70.8 Å². The third-order valence-corrected chi connectivity index (χ3v) is 3.74. The van der Waals surface area contributed by atoms with E-state index in [1.165, 1.54) is 22.3 Å². The Morgan fingerprint density at radius 1 is 0.900 bits per heavy atom. The van der Waals surface area contributed by atoms with Gasteiger partial charge in [0.05, 0.1) is 0 Å². The fourth-order valence-electron chi connectivity index (χ4n) is 2.49. The largest absolute Gasteiger partial charge is 0.300 e. The van der Waals surface area contributed by atoms with Crippen molar-refractivity contribution in [2.24, 2.45) is 5.92 Å². The summed E-state index contributed by atoms with van der Waals surface area (Å²) in [5, 5.41) is 0. The average molecular weight is 266 g/mol. The van der Waals surface area contributed by atoms with Crippen LogP contribution in [0.2, 0.25) is 0 Å². The second kappa shape index (κ2) is 6.51. The summed E-state index contributed by atoms with van der Waals surface area (Å²) in [5.41, 5.74) is 4.99. The molecule has 0 amide bonds. The summed E-state index contributed by atoms with van der Waals surface area (Å²) in [5.74, 6) is 0.339. The molecule has 1 unspecified atom stereocenters. The lowest BCUT2D eigenvalue weighted by Gasteiger charge is -2.14. The predicted molar refractivity (Wildman–Crippen MR) is 83.9 cm³/mol. The smallest absolute Gasteiger partial charge is 0.133 e. The van der Waals surface area contributed by atoms with Crippen LogP contribution in [0.25, 0.3) is 0 Å². The molecule has 0 fully saturated rings. The lowest BCUT2D eigenvalue weighted by atomic mass is 9.89. The highest BCUT2D eigenvalue weighted by molar-refractivity contribution is 5.79. The highest BCUT2D eigenvalue weighted by Crippen LogP contribution is 2.17. The SMILES string of the molecule is CC(=O)C(Cc1ccc(C)cc1)Cc1cccc(C)c1. The van der Waals surface area contributed by atoms with Crippen LogP contribution in [0, 0.1) is 19.8 Å². The Morgan fingerprint density at radius 2 is 1.55 bits per heavy atom. The zero-order chi connectivity index (χ0) is 14.5. The Bertz CT molecular complexity index is 581. The molecule has 2 aromatic carbocycles.